The summed E-state index contributed by atoms with van der Waals surface area (Å²) < 4.78 is 16.0. The van der Waals surface area contributed by atoms with Crippen LogP contribution in [0, 0.1) is 5.95 Å². The Kier molecular flexibility index (Phi) is 5.89. The average Bonchev–Trinajstić information content (AvgIpc) is 3.08. The van der Waals surface area contributed by atoms with Crippen LogP contribution in [0.25, 0.3) is 5.65 Å². The van der Waals surface area contributed by atoms with Crippen molar-refractivity contribution in [2.24, 2.45) is 0 Å². The normalized spacial score (nSPS) is 17.1. The number of rotatable bonds is 7. The number of hydrogen-bond donors (Lipinski definition) is 2. The van der Waals surface area contributed by atoms with Gasteiger partial charge in [0.15, 0.2) is 18.0 Å². The van der Waals surface area contributed by atoms with Crippen molar-refractivity contribution in [3.63, 3.8) is 0 Å². The molecule has 154 valence electrons. The summed E-state index contributed by atoms with van der Waals surface area (Å²) in [6.45, 7) is 3.54. The van der Waals surface area contributed by atoms with Crippen LogP contribution in [0.2, 0.25) is 0 Å². The van der Waals surface area contributed by atoms with Crippen LogP contribution in [0.15, 0.2) is 30.6 Å². The molecule has 1 aliphatic rings. The fourth-order valence-corrected chi connectivity index (χ4v) is 4.08. The highest BCUT2D eigenvalue weighted by atomic mass is 19.1. The van der Waals surface area contributed by atoms with E-state index in [0.29, 0.717) is 36.4 Å². The van der Waals surface area contributed by atoms with Gasteiger partial charge in [-0.1, -0.05) is 6.92 Å². The van der Waals surface area contributed by atoms with Gasteiger partial charge in [-0.15, -0.1) is 5.10 Å². The topological polar surface area (TPSA) is 79.8 Å². The molecule has 3 aromatic heterocycles. The monoisotopic (exact) mass is 399 g/mol. The number of hydrogen-bond acceptors (Lipinski definition) is 5. The summed E-state index contributed by atoms with van der Waals surface area (Å²) in [6.07, 6.45) is 8.30. The van der Waals surface area contributed by atoms with Gasteiger partial charge in [0.1, 0.15) is 11.6 Å². The fourth-order valence-electron chi connectivity index (χ4n) is 4.08. The molecule has 4 heterocycles. The maximum atomic E-state index is 14.5. The summed E-state index contributed by atoms with van der Waals surface area (Å²) in [6, 6.07) is 6.16. The molecule has 1 atom stereocenters. The van der Waals surface area contributed by atoms with E-state index in [1.807, 2.05) is 37.5 Å². The van der Waals surface area contributed by atoms with Gasteiger partial charge in [0.05, 0.1) is 5.56 Å². The van der Waals surface area contributed by atoms with Gasteiger partial charge in [0, 0.05) is 43.4 Å². The van der Waals surface area contributed by atoms with Crippen molar-refractivity contribution in [1.82, 2.24) is 14.6 Å². The first-order chi connectivity index (χ1) is 14.2. The predicted octanol–water partition coefficient (Wildman–Crippen LogP) is 2.60. The van der Waals surface area contributed by atoms with E-state index in [9.17, 15) is 9.50 Å². The molecule has 0 bridgehead atoms. The number of anilines is 2. The second-order valence-corrected chi connectivity index (χ2v) is 7.48. The molecule has 29 heavy (non-hydrogen) atoms. The Morgan fingerprint density at radius 2 is 2.28 bits per heavy atom. The second kappa shape index (κ2) is 8.73. The molecular formula is C21H28FN6O+. The van der Waals surface area contributed by atoms with Gasteiger partial charge in [-0.05, 0) is 38.2 Å². The van der Waals surface area contributed by atoms with E-state index in [4.69, 9.17) is 4.98 Å². The summed E-state index contributed by atoms with van der Waals surface area (Å²) in [7, 11) is 0. The zero-order chi connectivity index (χ0) is 20.2. The molecule has 8 heteroatoms. The SMILES string of the molecule is CCc1c(F)nn2c(NCc3ccc[nH+]c3)cc(N3CCCCC3CCO)nc12. The average molecular weight is 399 g/mol. The van der Waals surface area contributed by atoms with E-state index in [-0.39, 0.29) is 12.6 Å². The van der Waals surface area contributed by atoms with Crippen LogP contribution in [0.4, 0.5) is 16.0 Å². The number of halogens is 1. The summed E-state index contributed by atoms with van der Waals surface area (Å²) in [5.74, 6) is 1.05. The zero-order valence-corrected chi connectivity index (χ0v) is 16.7. The third-order valence-electron chi connectivity index (χ3n) is 5.60. The molecule has 0 amide bonds. The fraction of sp³-hybridized carbons (Fsp3) is 0.476. The molecule has 1 aliphatic heterocycles. The first-order valence-electron chi connectivity index (χ1n) is 10.4. The molecule has 0 aromatic carbocycles. The lowest BCUT2D eigenvalue weighted by molar-refractivity contribution is -0.378. The van der Waals surface area contributed by atoms with Crippen LogP contribution in [-0.2, 0) is 13.0 Å². The first-order valence-corrected chi connectivity index (χ1v) is 10.4. The van der Waals surface area contributed by atoms with Crippen LogP contribution in [0.1, 0.15) is 43.7 Å². The molecule has 0 radical (unpaired) electrons. The second-order valence-electron chi connectivity index (χ2n) is 7.48. The quantitative estimate of drug-likeness (QED) is 0.638. The zero-order valence-electron chi connectivity index (χ0n) is 16.7. The molecule has 3 aromatic rings. The molecule has 0 aliphatic carbocycles. The third-order valence-corrected chi connectivity index (χ3v) is 5.60. The smallest absolute Gasteiger partial charge is 0.238 e. The molecule has 4 rings (SSSR count). The van der Waals surface area contributed by atoms with Crippen molar-refractivity contribution in [1.29, 1.82) is 0 Å². The van der Waals surface area contributed by atoms with Crippen molar-refractivity contribution in [3.05, 3.63) is 47.7 Å². The van der Waals surface area contributed by atoms with Gasteiger partial charge < -0.3 is 15.3 Å². The number of aromatic amines is 1. The van der Waals surface area contributed by atoms with Gasteiger partial charge in [0.2, 0.25) is 5.95 Å². The van der Waals surface area contributed by atoms with Crippen molar-refractivity contribution in [2.75, 3.05) is 23.4 Å². The lowest BCUT2D eigenvalue weighted by Gasteiger charge is -2.36. The number of aromatic nitrogens is 4. The van der Waals surface area contributed by atoms with E-state index in [1.165, 1.54) is 0 Å². The molecule has 7 nitrogen and oxygen atoms in total. The Labute approximate surface area is 169 Å². The van der Waals surface area contributed by atoms with Gasteiger partial charge in [0.25, 0.3) is 0 Å². The number of aryl methyl sites for hydroxylation is 1. The molecule has 1 unspecified atom stereocenters. The highest BCUT2D eigenvalue weighted by Crippen LogP contribution is 2.29. The predicted molar refractivity (Wildman–Crippen MR) is 109 cm³/mol. The molecule has 1 fully saturated rings. The van der Waals surface area contributed by atoms with Gasteiger partial charge in [-0.25, -0.2) is 9.97 Å². The Morgan fingerprint density at radius 1 is 1.38 bits per heavy atom. The number of pyridine rings is 1. The molecule has 3 N–H and O–H groups in total. The maximum Gasteiger partial charge on any atom is 0.238 e. The van der Waals surface area contributed by atoms with Crippen LogP contribution in [0.5, 0.6) is 0 Å². The van der Waals surface area contributed by atoms with Crippen molar-refractivity contribution < 1.29 is 14.5 Å². The molecule has 0 spiro atoms. The number of piperidine rings is 1. The molecule has 0 saturated carbocycles. The summed E-state index contributed by atoms with van der Waals surface area (Å²) in [5.41, 5.74) is 2.16. The summed E-state index contributed by atoms with van der Waals surface area (Å²) in [4.78, 5) is 10.1. The van der Waals surface area contributed by atoms with Crippen molar-refractivity contribution in [2.45, 2.75) is 51.6 Å². The first kappa shape index (κ1) is 19.6. The highest BCUT2D eigenvalue weighted by Gasteiger charge is 2.25. The Bertz CT molecular complexity index is 959. The van der Waals surface area contributed by atoms with E-state index < -0.39 is 5.95 Å². The van der Waals surface area contributed by atoms with E-state index in [2.05, 4.69) is 20.3 Å². The lowest BCUT2D eigenvalue weighted by Crippen LogP contribution is -2.40. The van der Waals surface area contributed by atoms with Crippen molar-refractivity contribution >= 4 is 17.3 Å². The summed E-state index contributed by atoms with van der Waals surface area (Å²) >= 11 is 0. The van der Waals surface area contributed by atoms with Crippen LogP contribution in [-0.4, -0.2) is 38.9 Å². The van der Waals surface area contributed by atoms with Crippen LogP contribution in [0.3, 0.4) is 0 Å². The van der Waals surface area contributed by atoms with Crippen molar-refractivity contribution in [3.8, 4) is 0 Å². The molecule has 1 saturated heterocycles. The minimum atomic E-state index is -0.473. The third kappa shape index (κ3) is 4.03. The molecular weight excluding hydrogens is 371 g/mol. The van der Waals surface area contributed by atoms with E-state index >= 15 is 0 Å². The van der Waals surface area contributed by atoms with E-state index in [0.717, 1.165) is 37.2 Å². The standard InChI is InChI=1S/C21H27FN6O/c1-2-17-20(22)26-28-18(24-14-15-6-5-9-23-13-15)12-19(25-21(17)28)27-10-4-3-7-16(27)8-11-29/h5-6,9,12-13,16,24,29H,2-4,7-8,10-11,14H2,1H3/p+1. The summed E-state index contributed by atoms with van der Waals surface area (Å²) in [5, 5.41) is 17.0. The van der Waals surface area contributed by atoms with Gasteiger partial charge >= 0.3 is 0 Å². The number of fused-ring (bicyclic) bond motifs is 1. The minimum Gasteiger partial charge on any atom is -0.396 e. The number of nitrogens with one attached hydrogen (secondary N) is 2. The lowest BCUT2D eigenvalue weighted by atomic mass is 9.99. The maximum absolute atomic E-state index is 14.5. The number of H-pyrrole nitrogens is 1. The number of aliphatic hydroxyl groups is 1. The largest absolute Gasteiger partial charge is 0.396 e. The van der Waals surface area contributed by atoms with E-state index in [1.54, 1.807) is 4.52 Å². The Hall–Kier alpha value is -2.74. The van der Waals surface area contributed by atoms with Gasteiger partial charge in [-0.3, -0.25) is 0 Å². The number of nitrogens with zero attached hydrogens (tertiary/aromatic N) is 4. The van der Waals surface area contributed by atoms with Crippen LogP contribution >= 0.6 is 0 Å². The Balaban J connectivity index is 1.74. The Morgan fingerprint density at radius 3 is 3.03 bits per heavy atom. The van der Waals surface area contributed by atoms with Crippen LogP contribution < -0.4 is 15.2 Å². The minimum absolute atomic E-state index is 0.153. The van der Waals surface area contributed by atoms with Gasteiger partial charge in [-0.2, -0.15) is 8.91 Å². The number of aliphatic hydroxyl groups excluding tert-OH is 1. The highest BCUT2D eigenvalue weighted by molar-refractivity contribution is 5.61.